The zero-order chi connectivity index (χ0) is 15.4. The molecule has 0 saturated heterocycles. The van der Waals surface area contributed by atoms with Crippen LogP contribution in [0.15, 0.2) is 12.3 Å². The highest BCUT2D eigenvalue weighted by Crippen LogP contribution is 2.22. The lowest BCUT2D eigenvalue weighted by atomic mass is 10.1. The number of aryl methyl sites for hydroxylation is 3. The molecule has 0 aliphatic heterocycles. The average Bonchev–Trinajstić information content (AvgIpc) is 2.78. The first-order chi connectivity index (χ1) is 10.0. The van der Waals surface area contributed by atoms with Crippen molar-refractivity contribution in [2.75, 3.05) is 6.61 Å². The molecule has 2 heterocycles. The summed E-state index contributed by atoms with van der Waals surface area (Å²) in [4.78, 5) is 9.07. The highest BCUT2D eigenvalue weighted by atomic mass is 16.3. The van der Waals surface area contributed by atoms with Crippen molar-refractivity contribution in [3.63, 3.8) is 0 Å². The summed E-state index contributed by atoms with van der Waals surface area (Å²) in [6.07, 6.45) is 3.40. The van der Waals surface area contributed by atoms with Crippen molar-refractivity contribution in [3.8, 4) is 11.4 Å². The van der Waals surface area contributed by atoms with Gasteiger partial charge in [0.25, 0.3) is 0 Å². The Morgan fingerprint density at radius 1 is 1.29 bits per heavy atom. The minimum absolute atomic E-state index is 0.157. The van der Waals surface area contributed by atoms with Gasteiger partial charge in [0.2, 0.25) is 0 Å². The molecule has 0 radical (unpaired) electrons. The maximum atomic E-state index is 9.06. The first-order valence-electron chi connectivity index (χ1n) is 7.49. The third-order valence-corrected chi connectivity index (χ3v) is 3.32. The van der Waals surface area contributed by atoms with Gasteiger partial charge < -0.3 is 5.11 Å². The molecule has 2 aromatic heterocycles. The van der Waals surface area contributed by atoms with E-state index in [9.17, 15) is 0 Å². The molecular weight excluding hydrogens is 264 g/mol. The Kier molecular flexibility index (Phi) is 5.07. The summed E-state index contributed by atoms with van der Waals surface area (Å²) in [5.41, 5.74) is 3.16. The molecule has 2 aromatic rings. The van der Waals surface area contributed by atoms with E-state index in [1.165, 1.54) is 0 Å². The topological polar surface area (TPSA) is 63.8 Å². The monoisotopic (exact) mass is 288 g/mol. The maximum Gasteiger partial charge on any atom is 0.160 e. The van der Waals surface area contributed by atoms with Gasteiger partial charge in [0, 0.05) is 37.0 Å². The SMILES string of the molecule is Cc1cc(C)c(-c2nc(CC(C)C)nn2CCCO)cn1. The molecule has 5 heteroatoms. The number of rotatable bonds is 6. The normalized spacial score (nSPS) is 11.3. The fraction of sp³-hybridized carbons (Fsp3) is 0.562. The van der Waals surface area contributed by atoms with Crippen LogP contribution >= 0.6 is 0 Å². The Morgan fingerprint density at radius 2 is 2.05 bits per heavy atom. The van der Waals surface area contributed by atoms with Crippen LogP contribution in [-0.4, -0.2) is 31.5 Å². The van der Waals surface area contributed by atoms with Gasteiger partial charge in [-0.1, -0.05) is 13.8 Å². The van der Waals surface area contributed by atoms with Gasteiger partial charge in [-0.15, -0.1) is 0 Å². The predicted molar refractivity (Wildman–Crippen MR) is 83.0 cm³/mol. The Bertz CT molecular complexity index is 604. The molecule has 2 rings (SSSR count). The maximum absolute atomic E-state index is 9.06. The van der Waals surface area contributed by atoms with Crippen LogP contribution in [0.2, 0.25) is 0 Å². The fourth-order valence-electron chi connectivity index (χ4n) is 2.35. The van der Waals surface area contributed by atoms with Crippen LogP contribution in [0.3, 0.4) is 0 Å². The van der Waals surface area contributed by atoms with E-state index in [1.807, 2.05) is 17.8 Å². The van der Waals surface area contributed by atoms with E-state index in [4.69, 9.17) is 10.1 Å². The molecule has 5 nitrogen and oxygen atoms in total. The summed E-state index contributed by atoms with van der Waals surface area (Å²) in [5.74, 6) is 2.23. The number of aliphatic hydroxyl groups excluding tert-OH is 1. The number of nitrogens with zero attached hydrogens (tertiary/aromatic N) is 4. The molecular formula is C16H24N4O. The zero-order valence-electron chi connectivity index (χ0n) is 13.3. The summed E-state index contributed by atoms with van der Waals surface area (Å²) in [6, 6.07) is 2.06. The first kappa shape index (κ1) is 15.6. The van der Waals surface area contributed by atoms with Crippen LogP contribution in [0.25, 0.3) is 11.4 Å². The Balaban J connectivity index is 2.41. The fourth-order valence-corrected chi connectivity index (χ4v) is 2.35. The smallest absolute Gasteiger partial charge is 0.160 e. The molecule has 0 fully saturated rings. The molecule has 0 amide bonds. The van der Waals surface area contributed by atoms with Crippen LogP contribution in [0.4, 0.5) is 0 Å². The van der Waals surface area contributed by atoms with Crippen molar-refractivity contribution >= 4 is 0 Å². The molecule has 0 bridgehead atoms. The second-order valence-corrected chi connectivity index (χ2v) is 5.89. The van der Waals surface area contributed by atoms with Crippen LogP contribution in [0.5, 0.6) is 0 Å². The van der Waals surface area contributed by atoms with Crippen LogP contribution in [-0.2, 0) is 13.0 Å². The first-order valence-corrected chi connectivity index (χ1v) is 7.49. The van der Waals surface area contributed by atoms with Crippen LogP contribution in [0.1, 0.15) is 37.4 Å². The number of aliphatic hydroxyl groups is 1. The van der Waals surface area contributed by atoms with Gasteiger partial charge in [0.1, 0.15) is 0 Å². The van der Waals surface area contributed by atoms with Crippen molar-refractivity contribution < 1.29 is 5.11 Å². The molecule has 0 atom stereocenters. The number of hydrogen-bond donors (Lipinski definition) is 1. The summed E-state index contributed by atoms with van der Waals surface area (Å²) in [7, 11) is 0. The number of aromatic nitrogens is 4. The van der Waals surface area contributed by atoms with Crippen molar-refractivity contribution in [1.82, 2.24) is 19.7 Å². The largest absolute Gasteiger partial charge is 0.396 e. The number of pyridine rings is 1. The summed E-state index contributed by atoms with van der Waals surface area (Å²) in [6.45, 7) is 9.20. The minimum atomic E-state index is 0.157. The lowest BCUT2D eigenvalue weighted by Gasteiger charge is -2.07. The van der Waals surface area contributed by atoms with Gasteiger partial charge in [0.15, 0.2) is 11.6 Å². The molecule has 0 unspecified atom stereocenters. The van der Waals surface area contributed by atoms with E-state index < -0.39 is 0 Å². The highest BCUT2D eigenvalue weighted by Gasteiger charge is 2.15. The van der Waals surface area contributed by atoms with Gasteiger partial charge in [-0.3, -0.25) is 4.98 Å². The molecule has 114 valence electrons. The van der Waals surface area contributed by atoms with E-state index in [0.717, 1.165) is 34.9 Å². The minimum Gasteiger partial charge on any atom is -0.396 e. The van der Waals surface area contributed by atoms with Gasteiger partial charge in [-0.2, -0.15) is 5.10 Å². The Morgan fingerprint density at radius 3 is 2.67 bits per heavy atom. The summed E-state index contributed by atoms with van der Waals surface area (Å²) >= 11 is 0. The summed E-state index contributed by atoms with van der Waals surface area (Å²) < 4.78 is 1.90. The van der Waals surface area contributed by atoms with E-state index in [1.54, 1.807) is 0 Å². The van der Waals surface area contributed by atoms with Crippen molar-refractivity contribution in [3.05, 3.63) is 29.3 Å². The molecule has 0 aromatic carbocycles. The van der Waals surface area contributed by atoms with Gasteiger partial charge >= 0.3 is 0 Å². The van der Waals surface area contributed by atoms with E-state index in [-0.39, 0.29) is 6.61 Å². The number of hydrogen-bond acceptors (Lipinski definition) is 4. The Hall–Kier alpha value is -1.75. The van der Waals surface area contributed by atoms with E-state index >= 15 is 0 Å². The molecule has 0 saturated carbocycles. The lowest BCUT2D eigenvalue weighted by molar-refractivity contribution is 0.277. The summed E-state index contributed by atoms with van der Waals surface area (Å²) in [5, 5.41) is 13.7. The van der Waals surface area contributed by atoms with Crippen LogP contribution < -0.4 is 0 Å². The lowest BCUT2D eigenvalue weighted by Crippen LogP contribution is -2.06. The average molecular weight is 288 g/mol. The molecule has 1 N–H and O–H groups in total. The van der Waals surface area contributed by atoms with Gasteiger partial charge in [-0.05, 0) is 37.8 Å². The van der Waals surface area contributed by atoms with Crippen molar-refractivity contribution in [2.45, 2.75) is 47.1 Å². The van der Waals surface area contributed by atoms with E-state index in [0.29, 0.717) is 18.9 Å². The molecule has 0 spiro atoms. The van der Waals surface area contributed by atoms with Gasteiger partial charge in [0.05, 0.1) is 0 Å². The Labute approximate surface area is 126 Å². The van der Waals surface area contributed by atoms with Crippen molar-refractivity contribution in [1.29, 1.82) is 0 Å². The molecule has 0 aliphatic rings. The van der Waals surface area contributed by atoms with Gasteiger partial charge in [-0.25, -0.2) is 9.67 Å². The standard InChI is InChI=1S/C16H24N4O/c1-11(2)8-15-18-16(20(19-15)6-5-7-21)14-10-17-13(4)9-12(14)3/h9-11,21H,5-8H2,1-4H3. The third kappa shape index (κ3) is 3.88. The second kappa shape index (κ2) is 6.80. The second-order valence-electron chi connectivity index (χ2n) is 5.89. The zero-order valence-corrected chi connectivity index (χ0v) is 13.3. The predicted octanol–water partition coefficient (Wildman–Crippen LogP) is 2.54. The highest BCUT2D eigenvalue weighted by molar-refractivity contribution is 5.59. The third-order valence-electron chi connectivity index (χ3n) is 3.32. The molecule has 21 heavy (non-hydrogen) atoms. The van der Waals surface area contributed by atoms with Crippen LogP contribution in [0, 0.1) is 19.8 Å². The molecule has 0 aliphatic carbocycles. The quantitative estimate of drug-likeness (QED) is 0.887. The van der Waals surface area contributed by atoms with Crippen molar-refractivity contribution in [2.24, 2.45) is 5.92 Å². The van der Waals surface area contributed by atoms with E-state index in [2.05, 4.69) is 36.9 Å².